The number of thiophene rings is 1. The predicted molar refractivity (Wildman–Crippen MR) is 126 cm³/mol. The number of sulfonamides is 1. The van der Waals surface area contributed by atoms with Crippen LogP contribution in [0.2, 0.25) is 5.02 Å². The second kappa shape index (κ2) is 7.93. The van der Waals surface area contributed by atoms with Crippen molar-refractivity contribution < 1.29 is 13.2 Å². The SMILES string of the molecule is CCC12CCCN1C(=O)c1cc(-c3nc(NC4CCN(S(C)(=O)=O)CC4)ncc3Cl)sc12. The maximum absolute atomic E-state index is 13.0. The van der Waals surface area contributed by atoms with E-state index < -0.39 is 10.0 Å². The molecule has 1 atom stereocenters. The van der Waals surface area contributed by atoms with Crippen molar-refractivity contribution in [2.45, 2.75) is 50.6 Å². The molecule has 5 heterocycles. The third kappa shape index (κ3) is 3.52. The molecule has 0 radical (unpaired) electrons. The van der Waals surface area contributed by atoms with Crippen molar-refractivity contribution in [3.8, 4) is 10.6 Å². The minimum atomic E-state index is -3.16. The van der Waals surface area contributed by atoms with Crippen LogP contribution in [-0.4, -0.2) is 65.4 Å². The molecule has 0 aromatic carbocycles. The van der Waals surface area contributed by atoms with Gasteiger partial charge in [-0.1, -0.05) is 18.5 Å². The lowest BCUT2D eigenvalue weighted by Gasteiger charge is -2.31. The first-order valence-electron chi connectivity index (χ1n) is 10.9. The van der Waals surface area contributed by atoms with E-state index in [0.29, 0.717) is 42.6 Å². The van der Waals surface area contributed by atoms with E-state index in [9.17, 15) is 13.2 Å². The first-order valence-corrected chi connectivity index (χ1v) is 14.0. The zero-order valence-electron chi connectivity index (χ0n) is 18.1. The molecule has 5 rings (SSSR count). The van der Waals surface area contributed by atoms with Gasteiger partial charge in [0.15, 0.2) is 0 Å². The Hall–Kier alpha value is -1.75. The Kier molecular flexibility index (Phi) is 5.47. The van der Waals surface area contributed by atoms with E-state index in [0.717, 1.165) is 41.1 Å². The molecule has 1 amide bonds. The minimum Gasteiger partial charge on any atom is -0.351 e. The van der Waals surface area contributed by atoms with Gasteiger partial charge in [0.05, 0.1) is 33.5 Å². The van der Waals surface area contributed by atoms with Crippen molar-refractivity contribution in [1.82, 2.24) is 19.2 Å². The number of hydrogen-bond donors (Lipinski definition) is 1. The predicted octanol–water partition coefficient (Wildman–Crippen LogP) is 3.55. The maximum Gasteiger partial charge on any atom is 0.255 e. The molecule has 3 aliphatic heterocycles. The van der Waals surface area contributed by atoms with Gasteiger partial charge in [0, 0.05) is 30.6 Å². The van der Waals surface area contributed by atoms with Crippen LogP contribution < -0.4 is 5.32 Å². The second-order valence-corrected chi connectivity index (χ2v) is 12.2. The van der Waals surface area contributed by atoms with E-state index in [4.69, 9.17) is 11.6 Å². The summed E-state index contributed by atoms with van der Waals surface area (Å²) in [6.45, 7) is 3.93. The highest BCUT2D eigenvalue weighted by Gasteiger charge is 2.52. The molecule has 2 saturated heterocycles. The van der Waals surface area contributed by atoms with E-state index in [1.54, 1.807) is 17.5 Å². The number of carbonyl (C=O) groups excluding carboxylic acids is 1. The van der Waals surface area contributed by atoms with Crippen LogP contribution in [0.15, 0.2) is 12.3 Å². The van der Waals surface area contributed by atoms with Crippen molar-refractivity contribution in [1.29, 1.82) is 0 Å². The summed E-state index contributed by atoms with van der Waals surface area (Å²) in [6.07, 6.45) is 7.14. The lowest BCUT2D eigenvalue weighted by atomic mass is 9.92. The van der Waals surface area contributed by atoms with Crippen molar-refractivity contribution in [3.63, 3.8) is 0 Å². The normalized spacial score (nSPS) is 24.1. The second-order valence-electron chi connectivity index (χ2n) is 8.77. The molecule has 2 fully saturated rings. The summed E-state index contributed by atoms with van der Waals surface area (Å²) < 4.78 is 25.0. The summed E-state index contributed by atoms with van der Waals surface area (Å²) in [5.41, 5.74) is 1.23. The van der Waals surface area contributed by atoms with Crippen molar-refractivity contribution in [3.05, 3.63) is 27.7 Å². The van der Waals surface area contributed by atoms with Gasteiger partial charge in [0.1, 0.15) is 5.69 Å². The molecule has 0 bridgehead atoms. The molecule has 0 saturated carbocycles. The van der Waals surface area contributed by atoms with E-state index in [1.807, 2.05) is 11.0 Å². The van der Waals surface area contributed by atoms with E-state index in [-0.39, 0.29) is 17.5 Å². The van der Waals surface area contributed by atoms with Crippen LogP contribution in [0.1, 0.15) is 54.3 Å². The van der Waals surface area contributed by atoms with Crippen LogP contribution in [0.5, 0.6) is 0 Å². The summed E-state index contributed by atoms with van der Waals surface area (Å²) in [5.74, 6) is 0.581. The quantitative estimate of drug-likeness (QED) is 0.681. The number of nitrogens with one attached hydrogen (secondary N) is 1. The van der Waals surface area contributed by atoms with Crippen LogP contribution in [0.25, 0.3) is 10.6 Å². The molecule has 1 N–H and O–H groups in total. The van der Waals surface area contributed by atoms with Crippen molar-refractivity contribution in [2.75, 3.05) is 31.2 Å². The van der Waals surface area contributed by atoms with Crippen LogP contribution in [0, 0.1) is 0 Å². The number of hydrogen-bond acceptors (Lipinski definition) is 7. The van der Waals surface area contributed by atoms with Gasteiger partial charge in [-0.3, -0.25) is 4.79 Å². The first-order chi connectivity index (χ1) is 15.2. The molecule has 32 heavy (non-hydrogen) atoms. The first kappa shape index (κ1) is 22.1. The van der Waals surface area contributed by atoms with Gasteiger partial charge in [0.2, 0.25) is 16.0 Å². The molecule has 0 aliphatic carbocycles. The fraction of sp³-hybridized carbons (Fsp3) is 0.571. The molecule has 2 aromatic heterocycles. The van der Waals surface area contributed by atoms with Crippen LogP contribution >= 0.6 is 22.9 Å². The Balaban J connectivity index is 1.39. The van der Waals surface area contributed by atoms with Crippen LogP contribution in [0.4, 0.5) is 5.95 Å². The Labute approximate surface area is 197 Å². The molecule has 11 heteroatoms. The largest absolute Gasteiger partial charge is 0.351 e. The van der Waals surface area contributed by atoms with E-state index in [1.165, 1.54) is 10.6 Å². The molecule has 1 unspecified atom stereocenters. The summed E-state index contributed by atoms with van der Waals surface area (Å²) in [5, 5.41) is 3.78. The number of rotatable bonds is 5. The zero-order chi connectivity index (χ0) is 22.7. The Morgan fingerprint density at radius 3 is 2.75 bits per heavy atom. The lowest BCUT2D eigenvalue weighted by Crippen LogP contribution is -2.42. The maximum atomic E-state index is 13.0. The summed E-state index contributed by atoms with van der Waals surface area (Å²) in [6, 6.07) is 2.02. The average Bonchev–Trinajstić information content (AvgIpc) is 3.43. The van der Waals surface area contributed by atoms with Crippen LogP contribution in [0.3, 0.4) is 0 Å². The number of nitrogens with zero attached hydrogens (tertiary/aromatic N) is 4. The van der Waals surface area contributed by atoms with Gasteiger partial charge >= 0.3 is 0 Å². The fourth-order valence-electron chi connectivity index (χ4n) is 5.22. The van der Waals surface area contributed by atoms with Gasteiger partial charge in [0.25, 0.3) is 5.91 Å². The summed E-state index contributed by atoms with van der Waals surface area (Å²) >= 11 is 8.08. The van der Waals surface area contributed by atoms with Gasteiger partial charge in [-0.15, -0.1) is 11.3 Å². The average molecular weight is 496 g/mol. The number of amides is 1. The van der Waals surface area contributed by atoms with E-state index in [2.05, 4.69) is 22.2 Å². The van der Waals surface area contributed by atoms with Gasteiger partial charge < -0.3 is 10.2 Å². The number of piperidine rings is 1. The number of aromatic nitrogens is 2. The third-order valence-corrected chi connectivity index (χ3v) is 9.85. The smallest absolute Gasteiger partial charge is 0.255 e. The lowest BCUT2D eigenvalue weighted by molar-refractivity contribution is 0.0656. The van der Waals surface area contributed by atoms with Crippen LogP contribution in [-0.2, 0) is 15.6 Å². The molecular formula is C21H26ClN5O3S2. The molecule has 2 aromatic rings. The number of fused-ring (bicyclic) bond motifs is 3. The molecule has 0 spiro atoms. The summed E-state index contributed by atoms with van der Waals surface area (Å²) in [4.78, 5) is 26.1. The minimum absolute atomic E-state index is 0.0901. The van der Waals surface area contributed by atoms with E-state index >= 15 is 0 Å². The number of halogens is 1. The monoisotopic (exact) mass is 495 g/mol. The molecule has 3 aliphatic rings. The standard InChI is InChI=1S/C21H26ClN5O3S2/c1-3-21-7-4-8-27(21)19(28)14-11-16(31-18(14)21)17-15(22)12-23-20(25-17)24-13-5-9-26(10-6-13)32(2,29)30/h11-13H,3-10H2,1-2H3,(H,23,24,25). The third-order valence-electron chi connectivity index (χ3n) is 6.94. The topological polar surface area (TPSA) is 95.5 Å². The summed E-state index contributed by atoms with van der Waals surface area (Å²) in [7, 11) is -3.16. The number of anilines is 1. The zero-order valence-corrected chi connectivity index (χ0v) is 20.5. The van der Waals surface area contributed by atoms with Crippen molar-refractivity contribution in [2.24, 2.45) is 0 Å². The van der Waals surface area contributed by atoms with Gasteiger partial charge in [-0.2, -0.15) is 0 Å². The Morgan fingerprint density at radius 2 is 2.06 bits per heavy atom. The number of carbonyl (C=O) groups is 1. The highest BCUT2D eigenvalue weighted by atomic mass is 35.5. The fourth-order valence-corrected chi connectivity index (χ4v) is 7.80. The highest BCUT2D eigenvalue weighted by molar-refractivity contribution is 7.88. The van der Waals surface area contributed by atoms with Gasteiger partial charge in [-0.05, 0) is 38.2 Å². The Morgan fingerprint density at radius 1 is 1.31 bits per heavy atom. The highest BCUT2D eigenvalue weighted by Crippen LogP contribution is 2.53. The molecular weight excluding hydrogens is 470 g/mol. The molecule has 8 nitrogen and oxygen atoms in total. The molecule has 172 valence electrons. The Bertz CT molecular complexity index is 1180. The van der Waals surface area contributed by atoms with Crippen molar-refractivity contribution >= 4 is 44.8 Å². The van der Waals surface area contributed by atoms with Gasteiger partial charge in [-0.25, -0.2) is 22.7 Å².